The van der Waals surface area contributed by atoms with Crippen molar-refractivity contribution in [2.45, 2.75) is 38.5 Å². The van der Waals surface area contributed by atoms with Gasteiger partial charge in [-0.25, -0.2) is 0 Å². The van der Waals surface area contributed by atoms with Crippen molar-refractivity contribution < 1.29 is 5.11 Å². The van der Waals surface area contributed by atoms with Gasteiger partial charge in [0.05, 0.1) is 19.4 Å². The summed E-state index contributed by atoms with van der Waals surface area (Å²) in [7, 11) is 4.42. The number of likely N-dealkylation sites (N-methyl/N-ethyl adjacent to an activating group) is 2. The fourth-order valence-corrected chi connectivity index (χ4v) is 5.17. The van der Waals surface area contributed by atoms with Gasteiger partial charge < -0.3 is 5.11 Å². The van der Waals surface area contributed by atoms with Crippen LogP contribution in [0, 0.1) is 11.8 Å². The summed E-state index contributed by atoms with van der Waals surface area (Å²) in [6, 6.07) is 0.704. The monoisotopic (exact) mass is 296 g/mol. The number of nitrogens with zero attached hydrogens (tertiary/aromatic N) is 4. The van der Waals surface area contributed by atoms with Crippen LogP contribution in [0.25, 0.3) is 0 Å². The average Bonchev–Trinajstić information content (AvgIpc) is 2.44. The van der Waals surface area contributed by atoms with E-state index in [4.69, 9.17) is 0 Å². The van der Waals surface area contributed by atoms with E-state index in [1.807, 2.05) is 0 Å². The zero-order valence-corrected chi connectivity index (χ0v) is 14.1. The van der Waals surface area contributed by atoms with Crippen molar-refractivity contribution >= 4 is 0 Å². The SMILES string of the molecule is CCN1CN(C)CC2CC3CN(C)CN(CC)C3C(O)C21. The predicted octanol–water partition coefficient (Wildman–Crippen LogP) is 0.170. The van der Waals surface area contributed by atoms with Crippen LogP contribution in [0.15, 0.2) is 0 Å². The van der Waals surface area contributed by atoms with E-state index in [0.717, 1.165) is 39.5 Å². The largest absolute Gasteiger partial charge is 0.390 e. The molecular weight excluding hydrogens is 264 g/mol. The Morgan fingerprint density at radius 1 is 0.857 bits per heavy atom. The fourth-order valence-electron chi connectivity index (χ4n) is 5.17. The topological polar surface area (TPSA) is 33.2 Å². The third-order valence-electron chi connectivity index (χ3n) is 5.87. The Hall–Kier alpha value is -0.200. The van der Waals surface area contributed by atoms with Crippen molar-refractivity contribution in [3.8, 4) is 0 Å². The highest BCUT2D eigenvalue weighted by Gasteiger charge is 2.51. The molecular formula is C16H32N4O. The van der Waals surface area contributed by atoms with E-state index in [9.17, 15) is 5.11 Å². The second-order valence-electron chi connectivity index (χ2n) is 7.40. The molecule has 2 saturated heterocycles. The molecule has 122 valence electrons. The van der Waals surface area contributed by atoms with Crippen LogP contribution in [-0.4, -0.2) is 96.5 Å². The molecule has 2 heterocycles. The minimum Gasteiger partial charge on any atom is -0.390 e. The van der Waals surface area contributed by atoms with E-state index in [-0.39, 0.29) is 6.10 Å². The van der Waals surface area contributed by atoms with E-state index in [2.05, 4.69) is 47.5 Å². The second-order valence-corrected chi connectivity index (χ2v) is 7.40. The Morgan fingerprint density at radius 3 is 1.67 bits per heavy atom. The number of fused-ring (bicyclic) bond motifs is 2. The minimum atomic E-state index is -0.198. The maximum absolute atomic E-state index is 11.2. The summed E-state index contributed by atoms with van der Waals surface area (Å²) in [6.45, 7) is 10.8. The lowest BCUT2D eigenvalue weighted by molar-refractivity contribution is -0.149. The first-order valence-corrected chi connectivity index (χ1v) is 8.58. The molecule has 0 spiro atoms. The molecule has 3 aliphatic rings. The summed E-state index contributed by atoms with van der Waals surface area (Å²) in [6.07, 6.45) is 1.06. The molecule has 0 amide bonds. The van der Waals surface area contributed by atoms with E-state index < -0.39 is 0 Å². The van der Waals surface area contributed by atoms with Gasteiger partial charge >= 0.3 is 0 Å². The standard InChI is InChI=1S/C16H32N4O/c1-5-19-10-17(3)8-12-7-13-9-18(4)11-20(6-2)15(13)16(21)14(12)19/h12-16,21H,5-11H2,1-4H3. The first-order chi connectivity index (χ1) is 10.0. The molecule has 0 radical (unpaired) electrons. The second kappa shape index (κ2) is 6.13. The molecule has 2 aliphatic heterocycles. The number of aliphatic hydroxyl groups excluding tert-OH is 1. The van der Waals surface area contributed by atoms with Gasteiger partial charge in [0.2, 0.25) is 0 Å². The van der Waals surface area contributed by atoms with E-state index in [1.165, 1.54) is 6.42 Å². The Morgan fingerprint density at radius 2 is 1.29 bits per heavy atom. The van der Waals surface area contributed by atoms with Gasteiger partial charge in [-0.2, -0.15) is 0 Å². The van der Waals surface area contributed by atoms with Crippen LogP contribution < -0.4 is 0 Å². The van der Waals surface area contributed by atoms with Crippen molar-refractivity contribution in [2.24, 2.45) is 11.8 Å². The van der Waals surface area contributed by atoms with E-state index in [1.54, 1.807) is 0 Å². The maximum atomic E-state index is 11.2. The predicted molar refractivity (Wildman–Crippen MR) is 84.9 cm³/mol. The summed E-state index contributed by atoms with van der Waals surface area (Å²) >= 11 is 0. The van der Waals surface area contributed by atoms with Gasteiger partial charge in [-0.15, -0.1) is 0 Å². The summed E-state index contributed by atoms with van der Waals surface area (Å²) in [4.78, 5) is 9.81. The molecule has 0 bridgehead atoms. The smallest absolute Gasteiger partial charge is 0.0857 e. The number of aliphatic hydroxyl groups is 1. The summed E-state index contributed by atoms with van der Waals surface area (Å²) in [5.41, 5.74) is 0. The van der Waals surface area contributed by atoms with Crippen molar-refractivity contribution in [2.75, 3.05) is 53.6 Å². The normalized spacial score (nSPS) is 43.6. The molecule has 0 aromatic heterocycles. The van der Waals surface area contributed by atoms with Crippen LogP contribution in [0.2, 0.25) is 0 Å². The molecule has 1 aliphatic carbocycles. The number of rotatable bonds is 2. The van der Waals surface area contributed by atoms with Crippen LogP contribution in [0.4, 0.5) is 0 Å². The Bertz CT molecular complexity index is 334. The van der Waals surface area contributed by atoms with Gasteiger partial charge in [0.15, 0.2) is 0 Å². The molecule has 0 aromatic rings. The lowest BCUT2D eigenvalue weighted by atomic mass is 9.70. The zero-order chi connectivity index (χ0) is 15.1. The molecule has 1 saturated carbocycles. The van der Waals surface area contributed by atoms with Gasteiger partial charge in [-0.3, -0.25) is 19.6 Å². The van der Waals surface area contributed by atoms with E-state index in [0.29, 0.717) is 23.9 Å². The van der Waals surface area contributed by atoms with Gasteiger partial charge in [-0.1, -0.05) is 13.8 Å². The molecule has 21 heavy (non-hydrogen) atoms. The van der Waals surface area contributed by atoms with Crippen molar-refractivity contribution in [3.63, 3.8) is 0 Å². The highest BCUT2D eigenvalue weighted by molar-refractivity contribution is 5.05. The molecule has 3 rings (SSSR count). The Kier molecular flexibility index (Phi) is 4.58. The molecule has 0 aromatic carbocycles. The Labute approximate surface area is 129 Å². The minimum absolute atomic E-state index is 0.198. The van der Waals surface area contributed by atoms with Gasteiger partial charge in [-0.05, 0) is 45.4 Å². The summed E-state index contributed by atoms with van der Waals surface area (Å²) in [5.74, 6) is 1.23. The van der Waals surface area contributed by atoms with Gasteiger partial charge in [0.25, 0.3) is 0 Å². The van der Waals surface area contributed by atoms with Crippen LogP contribution >= 0.6 is 0 Å². The lowest BCUT2D eigenvalue weighted by Crippen LogP contribution is -2.71. The third kappa shape index (κ3) is 2.75. The van der Waals surface area contributed by atoms with Crippen LogP contribution in [-0.2, 0) is 0 Å². The van der Waals surface area contributed by atoms with E-state index >= 15 is 0 Å². The zero-order valence-electron chi connectivity index (χ0n) is 14.1. The highest BCUT2D eigenvalue weighted by atomic mass is 16.3. The quantitative estimate of drug-likeness (QED) is 0.786. The molecule has 4 unspecified atom stereocenters. The van der Waals surface area contributed by atoms with Crippen molar-refractivity contribution in [1.29, 1.82) is 0 Å². The van der Waals surface area contributed by atoms with Crippen LogP contribution in [0.1, 0.15) is 20.3 Å². The third-order valence-corrected chi connectivity index (χ3v) is 5.87. The number of hydrogen-bond donors (Lipinski definition) is 1. The lowest BCUT2D eigenvalue weighted by Gasteiger charge is -2.58. The molecule has 5 heteroatoms. The molecule has 1 N–H and O–H groups in total. The highest BCUT2D eigenvalue weighted by Crippen LogP contribution is 2.40. The molecule has 3 fully saturated rings. The maximum Gasteiger partial charge on any atom is 0.0857 e. The number of hydrogen-bond acceptors (Lipinski definition) is 5. The van der Waals surface area contributed by atoms with Crippen molar-refractivity contribution in [3.05, 3.63) is 0 Å². The summed E-state index contributed by atoms with van der Waals surface area (Å²) in [5, 5.41) is 11.2. The van der Waals surface area contributed by atoms with Gasteiger partial charge in [0, 0.05) is 25.2 Å². The summed E-state index contributed by atoms with van der Waals surface area (Å²) < 4.78 is 0. The van der Waals surface area contributed by atoms with Crippen LogP contribution in [0.3, 0.4) is 0 Å². The van der Waals surface area contributed by atoms with Gasteiger partial charge in [0.1, 0.15) is 0 Å². The molecule has 5 nitrogen and oxygen atoms in total. The average molecular weight is 296 g/mol. The first kappa shape index (κ1) is 15.7. The fraction of sp³-hybridized carbons (Fsp3) is 1.00. The first-order valence-electron chi connectivity index (χ1n) is 8.58. The molecule has 4 atom stereocenters. The van der Waals surface area contributed by atoms with Crippen molar-refractivity contribution in [1.82, 2.24) is 19.6 Å². The Balaban J connectivity index is 1.84. The van der Waals surface area contributed by atoms with Crippen LogP contribution in [0.5, 0.6) is 0 Å².